The van der Waals surface area contributed by atoms with Crippen LogP contribution in [0.15, 0.2) is 109 Å². The number of hydrogen-bond acceptors (Lipinski definition) is 3. The van der Waals surface area contributed by atoms with Gasteiger partial charge >= 0.3 is 0 Å². The van der Waals surface area contributed by atoms with Crippen LogP contribution in [0.1, 0.15) is 6.92 Å². The zero-order valence-corrected chi connectivity index (χ0v) is 17.9. The summed E-state index contributed by atoms with van der Waals surface area (Å²) >= 11 is 0. The highest BCUT2D eigenvalue weighted by Crippen LogP contribution is 2.23. The first-order valence-corrected chi connectivity index (χ1v) is 10.4. The molecule has 2 aromatic heterocycles. The molecule has 2 heterocycles. The van der Waals surface area contributed by atoms with E-state index in [2.05, 4.69) is 94.9 Å². The number of nitrogens with two attached hydrogens (primary N) is 1. The summed E-state index contributed by atoms with van der Waals surface area (Å²) in [5.41, 5.74) is 6.87. The van der Waals surface area contributed by atoms with Gasteiger partial charge in [-0.25, -0.2) is 0 Å². The third-order valence-corrected chi connectivity index (χ3v) is 4.99. The fourth-order valence-electron chi connectivity index (χ4n) is 3.63. The molecule has 0 fully saturated rings. The van der Waals surface area contributed by atoms with Crippen LogP contribution in [0, 0.1) is 5.41 Å². The SMILES string of the molecule is CC(=N)N.c1ccc2c(c1)ccc1cccnc12.c1ccc2c(c1)ccc1cccnc12. The van der Waals surface area contributed by atoms with E-state index in [0.717, 1.165) is 11.0 Å². The minimum absolute atomic E-state index is 0.167. The highest BCUT2D eigenvalue weighted by atomic mass is 14.7. The summed E-state index contributed by atoms with van der Waals surface area (Å²) in [6.07, 6.45) is 3.68. The maximum Gasteiger partial charge on any atom is 0.0873 e. The molecule has 156 valence electrons. The summed E-state index contributed by atoms with van der Waals surface area (Å²) in [5.74, 6) is 0.167. The van der Waals surface area contributed by atoms with Crippen LogP contribution < -0.4 is 5.73 Å². The lowest BCUT2D eigenvalue weighted by Crippen LogP contribution is -2.00. The van der Waals surface area contributed by atoms with E-state index >= 15 is 0 Å². The van der Waals surface area contributed by atoms with Crippen LogP contribution in [0.4, 0.5) is 0 Å². The van der Waals surface area contributed by atoms with E-state index in [0.29, 0.717) is 0 Å². The van der Waals surface area contributed by atoms with E-state index in [1.54, 1.807) is 0 Å². The van der Waals surface area contributed by atoms with Crippen molar-refractivity contribution in [1.29, 1.82) is 5.41 Å². The van der Waals surface area contributed by atoms with E-state index < -0.39 is 0 Å². The van der Waals surface area contributed by atoms with E-state index in [4.69, 9.17) is 11.1 Å². The first-order chi connectivity index (χ1) is 15.6. The first-order valence-electron chi connectivity index (χ1n) is 10.4. The first kappa shape index (κ1) is 20.9. The molecule has 0 atom stereocenters. The molecule has 0 bridgehead atoms. The standard InChI is InChI=1S/2C13H9N.C2H6N2/c2*1-2-6-12-10(4-1)7-8-11-5-3-9-14-13(11)12;1-2(3)4/h2*1-9H;1H3,(H3,3,4). The fourth-order valence-corrected chi connectivity index (χ4v) is 3.63. The number of amidine groups is 1. The molecule has 3 N–H and O–H groups in total. The van der Waals surface area contributed by atoms with Crippen LogP contribution in [0.5, 0.6) is 0 Å². The van der Waals surface area contributed by atoms with Gasteiger partial charge in [0.1, 0.15) is 0 Å². The summed E-state index contributed by atoms with van der Waals surface area (Å²) in [6.45, 7) is 1.53. The number of hydrogen-bond donors (Lipinski definition) is 2. The Morgan fingerprint density at radius 1 is 0.562 bits per heavy atom. The summed E-state index contributed by atoms with van der Waals surface area (Å²) in [6, 6.07) is 33.3. The molecule has 4 heteroatoms. The molecular weight excluding hydrogens is 392 g/mol. The average Bonchev–Trinajstić information content (AvgIpc) is 2.84. The second-order valence-electron chi connectivity index (χ2n) is 7.41. The van der Waals surface area contributed by atoms with Crippen LogP contribution >= 0.6 is 0 Å². The zero-order valence-electron chi connectivity index (χ0n) is 17.9. The van der Waals surface area contributed by atoms with Crippen molar-refractivity contribution in [2.24, 2.45) is 5.73 Å². The average molecular weight is 417 g/mol. The highest BCUT2D eigenvalue weighted by Gasteiger charge is 1.99. The van der Waals surface area contributed by atoms with E-state index in [1.807, 2.05) is 24.5 Å². The molecule has 0 amide bonds. The van der Waals surface area contributed by atoms with Gasteiger partial charge in [-0.3, -0.25) is 15.4 Å². The molecule has 6 rings (SSSR count). The van der Waals surface area contributed by atoms with Gasteiger partial charge in [-0.15, -0.1) is 0 Å². The third kappa shape index (κ3) is 4.71. The molecule has 0 radical (unpaired) electrons. The van der Waals surface area contributed by atoms with E-state index in [9.17, 15) is 0 Å². The van der Waals surface area contributed by atoms with Crippen molar-refractivity contribution in [3.63, 3.8) is 0 Å². The zero-order chi connectivity index (χ0) is 22.3. The van der Waals surface area contributed by atoms with Crippen LogP contribution in [-0.4, -0.2) is 15.8 Å². The monoisotopic (exact) mass is 416 g/mol. The van der Waals surface area contributed by atoms with Crippen molar-refractivity contribution in [1.82, 2.24) is 9.97 Å². The van der Waals surface area contributed by atoms with Gasteiger partial charge in [0.2, 0.25) is 0 Å². The highest BCUT2D eigenvalue weighted by molar-refractivity contribution is 6.05. The van der Waals surface area contributed by atoms with Gasteiger partial charge in [0.25, 0.3) is 0 Å². The van der Waals surface area contributed by atoms with Crippen molar-refractivity contribution in [2.45, 2.75) is 6.92 Å². The smallest absolute Gasteiger partial charge is 0.0873 e. The molecule has 6 aromatic rings. The maximum atomic E-state index is 6.28. The predicted octanol–water partition coefficient (Wildman–Crippen LogP) is 6.72. The molecule has 0 saturated heterocycles. The van der Waals surface area contributed by atoms with Crippen molar-refractivity contribution >= 4 is 49.2 Å². The number of pyridine rings is 2. The van der Waals surface area contributed by atoms with Crippen LogP contribution in [-0.2, 0) is 0 Å². The van der Waals surface area contributed by atoms with Gasteiger partial charge in [0, 0.05) is 33.9 Å². The van der Waals surface area contributed by atoms with Crippen LogP contribution in [0.2, 0.25) is 0 Å². The molecular formula is C28H24N4. The van der Waals surface area contributed by atoms with Gasteiger partial charge in [-0.1, -0.05) is 84.9 Å². The number of aromatic nitrogens is 2. The summed E-state index contributed by atoms with van der Waals surface area (Å²) in [4.78, 5) is 8.82. The molecule has 4 nitrogen and oxygen atoms in total. The Morgan fingerprint density at radius 3 is 1.34 bits per heavy atom. The Hall–Kier alpha value is -4.31. The lowest BCUT2D eigenvalue weighted by atomic mass is 10.1. The largest absolute Gasteiger partial charge is 0.388 e. The third-order valence-electron chi connectivity index (χ3n) is 4.99. The minimum atomic E-state index is 0.167. The van der Waals surface area contributed by atoms with Crippen molar-refractivity contribution in [3.8, 4) is 0 Å². The number of rotatable bonds is 0. The molecule has 32 heavy (non-hydrogen) atoms. The minimum Gasteiger partial charge on any atom is -0.388 e. The quantitative estimate of drug-likeness (QED) is 0.164. The molecule has 0 aliphatic heterocycles. The summed E-state index contributed by atoms with van der Waals surface area (Å²) in [7, 11) is 0. The molecule has 0 aliphatic carbocycles. The Labute approximate surface area is 186 Å². The number of nitrogens with one attached hydrogen (secondary N) is 1. The molecule has 0 unspecified atom stereocenters. The number of nitrogens with zero attached hydrogens (tertiary/aromatic N) is 2. The summed E-state index contributed by atoms with van der Waals surface area (Å²) < 4.78 is 0. The van der Waals surface area contributed by atoms with Crippen LogP contribution in [0.3, 0.4) is 0 Å². The van der Waals surface area contributed by atoms with Gasteiger partial charge < -0.3 is 5.73 Å². The number of fused-ring (bicyclic) bond motifs is 6. The molecule has 4 aromatic carbocycles. The lowest BCUT2D eigenvalue weighted by Gasteiger charge is -2.01. The Bertz CT molecular complexity index is 1300. The normalized spacial score (nSPS) is 10.3. The van der Waals surface area contributed by atoms with Gasteiger partial charge in [-0.2, -0.15) is 0 Å². The van der Waals surface area contributed by atoms with Gasteiger partial charge in [0.05, 0.1) is 16.9 Å². The fraction of sp³-hybridized carbons (Fsp3) is 0.0357. The topological polar surface area (TPSA) is 75.7 Å². The number of benzene rings is 4. The van der Waals surface area contributed by atoms with Crippen LogP contribution in [0.25, 0.3) is 43.4 Å². The van der Waals surface area contributed by atoms with Crippen molar-refractivity contribution in [3.05, 3.63) is 109 Å². The Morgan fingerprint density at radius 2 is 0.906 bits per heavy atom. The van der Waals surface area contributed by atoms with Gasteiger partial charge in [-0.05, 0) is 29.8 Å². The molecule has 0 aliphatic rings. The molecule has 0 spiro atoms. The van der Waals surface area contributed by atoms with E-state index in [1.165, 1.54) is 39.2 Å². The summed E-state index contributed by atoms with van der Waals surface area (Å²) in [5, 5.41) is 13.6. The maximum absolute atomic E-state index is 6.28. The Balaban J connectivity index is 0.000000132. The van der Waals surface area contributed by atoms with Crippen molar-refractivity contribution in [2.75, 3.05) is 0 Å². The van der Waals surface area contributed by atoms with Gasteiger partial charge in [0.15, 0.2) is 0 Å². The second-order valence-corrected chi connectivity index (χ2v) is 7.41. The second kappa shape index (κ2) is 9.67. The lowest BCUT2D eigenvalue weighted by molar-refractivity contribution is 1.42. The molecule has 0 saturated carbocycles. The van der Waals surface area contributed by atoms with E-state index in [-0.39, 0.29) is 5.84 Å². The predicted molar refractivity (Wildman–Crippen MR) is 136 cm³/mol. The Kier molecular flexibility index (Phi) is 6.33. The van der Waals surface area contributed by atoms with Crippen molar-refractivity contribution < 1.29 is 0 Å².